The molecule has 0 radical (unpaired) electrons. The maximum absolute atomic E-state index is 5.89. The van der Waals surface area contributed by atoms with Crippen molar-refractivity contribution in [3.05, 3.63) is 109 Å². The number of furan rings is 2. The summed E-state index contributed by atoms with van der Waals surface area (Å²) in [7, 11) is 3.35. The van der Waals surface area contributed by atoms with Crippen molar-refractivity contribution < 1.29 is 18.3 Å². The second-order valence-electron chi connectivity index (χ2n) is 9.12. The number of nitrogens with zero attached hydrogens (tertiary/aromatic N) is 2. The zero-order valence-electron chi connectivity index (χ0n) is 21.8. The molecule has 190 valence electrons. The molecule has 6 heteroatoms. The lowest BCUT2D eigenvalue weighted by atomic mass is 10.0. The molecule has 0 atom stereocenters. The molecule has 6 aromatic rings. The Hall–Kier alpha value is -4.84. The molecule has 0 fully saturated rings. The molecule has 0 saturated carbocycles. The van der Waals surface area contributed by atoms with E-state index in [-0.39, 0.29) is 0 Å². The summed E-state index contributed by atoms with van der Waals surface area (Å²) < 4.78 is 26.9. The molecular weight excluding hydrogens is 476 g/mol. The zero-order chi connectivity index (χ0) is 26.2. The van der Waals surface area contributed by atoms with E-state index in [2.05, 4.69) is 59.6 Å². The predicted octanol–water partition coefficient (Wildman–Crippen LogP) is 8.09. The zero-order valence-corrected chi connectivity index (χ0v) is 21.8. The minimum absolute atomic E-state index is 0.808. The highest BCUT2D eigenvalue weighted by Gasteiger charge is 2.24. The molecule has 0 spiro atoms. The Kier molecular flexibility index (Phi) is 5.92. The quantitative estimate of drug-likeness (QED) is 0.220. The van der Waals surface area contributed by atoms with E-state index in [4.69, 9.17) is 18.3 Å². The molecule has 0 unspecified atom stereocenters. The van der Waals surface area contributed by atoms with E-state index >= 15 is 0 Å². The second kappa shape index (κ2) is 9.56. The Balaban J connectivity index is 1.57. The van der Waals surface area contributed by atoms with Gasteiger partial charge in [-0.1, -0.05) is 0 Å². The Morgan fingerprint density at radius 1 is 0.553 bits per heavy atom. The van der Waals surface area contributed by atoms with Crippen molar-refractivity contribution in [2.75, 3.05) is 14.2 Å². The van der Waals surface area contributed by atoms with Gasteiger partial charge in [-0.3, -0.25) is 0 Å². The van der Waals surface area contributed by atoms with E-state index in [9.17, 15) is 0 Å². The molecule has 0 amide bonds. The molecule has 4 heterocycles. The minimum Gasteiger partial charge on any atom is -0.497 e. The van der Waals surface area contributed by atoms with E-state index in [1.54, 1.807) is 26.7 Å². The number of ether oxygens (including phenoxy) is 2. The average molecular weight is 505 g/mol. The van der Waals surface area contributed by atoms with E-state index in [1.807, 2.05) is 48.5 Å². The summed E-state index contributed by atoms with van der Waals surface area (Å²) in [6.07, 6.45) is 7.78. The number of hydrogen-bond acceptors (Lipinski definition) is 4. The molecule has 6 nitrogen and oxygen atoms in total. The lowest BCUT2D eigenvalue weighted by molar-refractivity contribution is 0.414. The first kappa shape index (κ1) is 23.6. The normalized spacial score (nSPS) is 11.2. The SMILES string of the molecule is COc1ccc(-n2cc(-c3cn(-c4ccc(OC)cc4)c(-c4ccco4)c3C)c(C)c2-c2ccco2)cc1. The molecule has 38 heavy (non-hydrogen) atoms. The van der Waals surface area contributed by atoms with Gasteiger partial charge in [0.1, 0.15) is 11.5 Å². The summed E-state index contributed by atoms with van der Waals surface area (Å²) in [5.41, 5.74) is 8.52. The van der Waals surface area contributed by atoms with Crippen LogP contribution < -0.4 is 9.47 Å². The van der Waals surface area contributed by atoms with Crippen LogP contribution in [0.3, 0.4) is 0 Å². The van der Waals surface area contributed by atoms with Crippen LogP contribution in [0.15, 0.2) is 107 Å². The van der Waals surface area contributed by atoms with Gasteiger partial charge in [0.25, 0.3) is 0 Å². The van der Waals surface area contributed by atoms with Crippen LogP contribution in [0.5, 0.6) is 11.5 Å². The first-order valence-corrected chi connectivity index (χ1v) is 12.4. The lowest BCUT2D eigenvalue weighted by Crippen LogP contribution is -1.95. The third-order valence-electron chi connectivity index (χ3n) is 7.02. The lowest BCUT2D eigenvalue weighted by Gasteiger charge is -2.09. The van der Waals surface area contributed by atoms with E-state index in [1.165, 1.54) is 0 Å². The highest BCUT2D eigenvalue weighted by atomic mass is 16.5. The topological polar surface area (TPSA) is 54.6 Å². The maximum atomic E-state index is 5.89. The van der Waals surface area contributed by atoms with Crippen molar-refractivity contribution in [3.8, 4) is 56.9 Å². The molecule has 0 N–H and O–H groups in total. The number of aromatic nitrogens is 2. The molecule has 0 aliphatic carbocycles. The van der Waals surface area contributed by atoms with Crippen LogP contribution in [0.2, 0.25) is 0 Å². The van der Waals surface area contributed by atoms with Gasteiger partial charge in [0.15, 0.2) is 11.5 Å². The molecule has 6 rings (SSSR count). The molecule has 0 aliphatic heterocycles. The van der Waals surface area contributed by atoms with Crippen molar-refractivity contribution in [3.63, 3.8) is 0 Å². The molecular formula is C32H28N2O4. The van der Waals surface area contributed by atoms with Crippen molar-refractivity contribution in [2.45, 2.75) is 13.8 Å². The van der Waals surface area contributed by atoms with Crippen LogP contribution in [0.4, 0.5) is 0 Å². The van der Waals surface area contributed by atoms with Gasteiger partial charge in [0.2, 0.25) is 0 Å². The molecule has 0 aliphatic rings. The maximum Gasteiger partial charge on any atom is 0.150 e. The highest BCUT2D eigenvalue weighted by Crippen LogP contribution is 2.42. The van der Waals surface area contributed by atoms with Crippen LogP contribution in [0.1, 0.15) is 11.1 Å². The van der Waals surface area contributed by atoms with Gasteiger partial charge >= 0.3 is 0 Å². The van der Waals surface area contributed by atoms with Gasteiger partial charge in [0, 0.05) is 34.9 Å². The van der Waals surface area contributed by atoms with Crippen LogP contribution in [-0.2, 0) is 0 Å². The third kappa shape index (κ3) is 3.91. The summed E-state index contributed by atoms with van der Waals surface area (Å²) >= 11 is 0. The monoisotopic (exact) mass is 504 g/mol. The van der Waals surface area contributed by atoms with Crippen molar-refractivity contribution in [1.29, 1.82) is 0 Å². The minimum atomic E-state index is 0.808. The predicted molar refractivity (Wildman–Crippen MR) is 149 cm³/mol. The van der Waals surface area contributed by atoms with Crippen molar-refractivity contribution in [2.24, 2.45) is 0 Å². The Morgan fingerprint density at radius 2 is 0.947 bits per heavy atom. The molecule has 4 aromatic heterocycles. The first-order valence-electron chi connectivity index (χ1n) is 12.4. The average Bonchev–Trinajstić information content (AvgIpc) is 3.76. The fraction of sp³-hybridized carbons (Fsp3) is 0.125. The van der Waals surface area contributed by atoms with Crippen LogP contribution in [0.25, 0.3) is 45.4 Å². The van der Waals surface area contributed by atoms with Gasteiger partial charge in [-0.25, -0.2) is 0 Å². The standard InChI is InChI=1S/C32H28N2O4/c1-21-27(19-33(31(21)29-7-5-17-37-29)23-9-13-25(35-3)14-10-23)28-20-34(24-11-15-26(36-4)16-12-24)32(22(28)2)30-8-6-18-38-30/h5-20H,1-4H3. The number of hydrogen-bond donors (Lipinski definition) is 0. The first-order chi connectivity index (χ1) is 18.6. The fourth-order valence-electron chi connectivity index (χ4n) is 5.07. The van der Waals surface area contributed by atoms with Gasteiger partial charge < -0.3 is 27.4 Å². The fourth-order valence-corrected chi connectivity index (χ4v) is 5.07. The summed E-state index contributed by atoms with van der Waals surface area (Å²) in [6.45, 7) is 4.29. The van der Waals surface area contributed by atoms with Gasteiger partial charge in [0.05, 0.1) is 38.1 Å². The Bertz CT molecular complexity index is 1540. The Morgan fingerprint density at radius 3 is 1.26 bits per heavy atom. The summed E-state index contributed by atoms with van der Waals surface area (Å²) in [5.74, 6) is 3.24. The van der Waals surface area contributed by atoms with Gasteiger partial charge in [-0.05, 0) is 97.8 Å². The highest BCUT2D eigenvalue weighted by molar-refractivity contribution is 5.83. The van der Waals surface area contributed by atoms with Crippen LogP contribution >= 0.6 is 0 Å². The van der Waals surface area contributed by atoms with Crippen LogP contribution in [0, 0.1) is 13.8 Å². The van der Waals surface area contributed by atoms with Gasteiger partial charge in [-0.15, -0.1) is 0 Å². The van der Waals surface area contributed by atoms with Crippen LogP contribution in [-0.4, -0.2) is 23.4 Å². The summed E-state index contributed by atoms with van der Waals surface area (Å²) in [6, 6.07) is 23.9. The molecule has 0 saturated heterocycles. The van der Waals surface area contributed by atoms with Crippen molar-refractivity contribution >= 4 is 0 Å². The number of rotatable bonds is 7. The summed E-state index contributed by atoms with van der Waals surface area (Å²) in [4.78, 5) is 0. The number of benzene rings is 2. The van der Waals surface area contributed by atoms with E-state index in [0.717, 1.165) is 68.0 Å². The van der Waals surface area contributed by atoms with Gasteiger partial charge in [-0.2, -0.15) is 0 Å². The summed E-state index contributed by atoms with van der Waals surface area (Å²) in [5, 5.41) is 0. The Labute approximate surface area is 221 Å². The molecule has 0 bridgehead atoms. The number of methoxy groups -OCH3 is 2. The molecule has 2 aromatic carbocycles. The third-order valence-corrected chi connectivity index (χ3v) is 7.02. The van der Waals surface area contributed by atoms with Crippen molar-refractivity contribution in [1.82, 2.24) is 9.13 Å². The van der Waals surface area contributed by atoms with E-state index in [0.29, 0.717) is 0 Å². The van der Waals surface area contributed by atoms with E-state index < -0.39 is 0 Å². The largest absolute Gasteiger partial charge is 0.497 e. The second-order valence-corrected chi connectivity index (χ2v) is 9.12. The smallest absolute Gasteiger partial charge is 0.150 e.